The van der Waals surface area contributed by atoms with Crippen LogP contribution in [-0.4, -0.2) is 19.2 Å². The number of amides is 1. The molecule has 1 aromatic carbocycles. The van der Waals surface area contributed by atoms with E-state index in [9.17, 15) is 4.79 Å². The van der Waals surface area contributed by atoms with Crippen molar-refractivity contribution in [2.24, 2.45) is 0 Å². The molecule has 0 atom stereocenters. The first-order valence-corrected chi connectivity index (χ1v) is 8.27. The van der Waals surface area contributed by atoms with Gasteiger partial charge >= 0.3 is 6.09 Å². The molecule has 1 saturated heterocycles. The molecule has 0 radical (unpaired) electrons. The number of carbonyl (C=O) groups is 1. The number of carbonyl (C=O) groups excluding carboxylic acids is 1. The molecule has 0 unspecified atom stereocenters. The van der Waals surface area contributed by atoms with Crippen LogP contribution in [0.25, 0.3) is 0 Å². The molecule has 1 aromatic heterocycles. The zero-order valence-corrected chi connectivity index (χ0v) is 14.0. The fourth-order valence-corrected chi connectivity index (χ4v) is 3.75. The van der Waals surface area contributed by atoms with Gasteiger partial charge in [0.15, 0.2) is 0 Å². The van der Waals surface area contributed by atoms with Crippen molar-refractivity contribution in [3.8, 4) is 0 Å². The number of aryl methyl sites for hydroxylation is 1. The van der Waals surface area contributed by atoms with Crippen molar-refractivity contribution in [3.63, 3.8) is 0 Å². The molecule has 2 heterocycles. The lowest BCUT2D eigenvalue weighted by Gasteiger charge is -2.14. The molecule has 21 heavy (non-hydrogen) atoms. The molecule has 0 aliphatic carbocycles. The van der Waals surface area contributed by atoms with Crippen LogP contribution in [0.1, 0.15) is 9.75 Å². The van der Waals surface area contributed by atoms with Crippen molar-refractivity contribution in [2.45, 2.75) is 13.5 Å². The number of thiophene rings is 1. The van der Waals surface area contributed by atoms with Gasteiger partial charge in [-0.1, -0.05) is 6.07 Å². The van der Waals surface area contributed by atoms with Gasteiger partial charge in [-0.25, -0.2) is 4.79 Å². The Morgan fingerprint density at radius 1 is 1.43 bits per heavy atom. The Bertz CT molecular complexity index is 652. The molecular weight excluding hydrogens is 352 g/mol. The van der Waals surface area contributed by atoms with Crippen molar-refractivity contribution in [3.05, 3.63) is 44.6 Å². The lowest BCUT2D eigenvalue weighted by atomic mass is 10.2. The number of nitrogens with one attached hydrogen (secondary N) is 1. The Kier molecular flexibility index (Phi) is 4.17. The average molecular weight is 367 g/mol. The number of cyclic esters (lactones) is 1. The van der Waals surface area contributed by atoms with Crippen LogP contribution in [0.3, 0.4) is 0 Å². The van der Waals surface area contributed by atoms with E-state index in [1.165, 1.54) is 9.75 Å². The van der Waals surface area contributed by atoms with E-state index in [2.05, 4.69) is 34.2 Å². The highest BCUT2D eigenvalue weighted by Gasteiger charge is 2.23. The molecule has 1 amide bonds. The molecular formula is C15H15BrN2O2S. The molecule has 1 aliphatic rings. The van der Waals surface area contributed by atoms with Gasteiger partial charge in [-0.05, 0) is 47.1 Å². The number of anilines is 2. The lowest BCUT2D eigenvalue weighted by molar-refractivity contribution is 0.181. The molecule has 4 nitrogen and oxygen atoms in total. The summed E-state index contributed by atoms with van der Waals surface area (Å²) >= 11 is 5.30. The van der Waals surface area contributed by atoms with Crippen LogP contribution >= 0.6 is 27.3 Å². The molecule has 110 valence electrons. The van der Waals surface area contributed by atoms with Gasteiger partial charge in [0, 0.05) is 32.1 Å². The molecule has 1 N–H and O–H groups in total. The Morgan fingerprint density at radius 3 is 2.95 bits per heavy atom. The maximum absolute atomic E-state index is 11.6. The summed E-state index contributed by atoms with van der Waals surface area (Å²) in [6.45, 7) is 3.93. The smallest absolute Gasteiger partial charge is 0.414 e. The average Bonchev–Trinajstić information content (AvgIpc) is 3.03. The SMILES string of the molecule is Cc1sc(CNc2cccc(N3CCOC3=O)c2)cc1Br. The minimum Gasteiger partial charge on any atom is -0.447 e. The second-order valence-corrected chi connectivity index (χ2v) is 6.98. The summed E-state index contributed by atoms with van der Waals surface area (Å²) in [5.74, 6) is 0. The first-order chi connectivity index (χ1) is 10.1. The predicted octanol–water partition coefficient (Wildman–Crippen LogP) is 4.39. The van der Waals surface area contributed by atoms with Crippen LogP contribution in [0, 0.1) is 6.92 Å². The highest BCUT2D eigenvalue weighted by molar-refractivity contribution is 9.10. The van der Waals surface area contributed by atoms with Crippen molar-refractivity contribution in [1.82, 2.24) is 0 Å². The zero-order valence-electron chi connectivity index (χ0n) is 11.6. The van der Waals surface area contributed by atoms with Gasteiger partial charge < -0.3 is 10.1 Å². The Labute approximate surface area is 135 Å². The molecule has 6 heteroatoms. The molecule has 0 saturated carbocycles. The molecule has 1 aliphatic heterocycles. The summed E-state index contributed by atoms with van der Waals surface area (Å²) in [5, 5.41) is 3.39. The van der Waals surface area contributed by atoms with E-state index < -0.39 is 0 Å². The normalized spacial score (nSPS) is 14.4. The topological polar surface area (TPSA) is 41.6 Å². The van der Waals surface area contributed by atoms with Crippen LogP contribution < -0.4 is 10.2 Å². The fourth-order valence-electron chi connectivity index (χ4n) is 2.21. The standard InChI is InChI=1S/C15H15BrN2O2S/c1-10-14(16)8-13(21-10)9-17-11-3-2-4-12(7-11)18-5-6-20-15(18)19/h2-4,7-8,17H,5-6,9H2,1H3. The predicted molar refractivity (Wildman–Crippen MR) is 89.2 cm³/mol. The third kappa shape index (κ3) is 3.22. The summed E-state index contributed by atoms with van der Waals surface area (Å²) in [5.41, 5.74) is 1.86. The van der Waals surface area contributed by atoms with Crippen LogP contribution in [0.2, 0.25) is 0 Å². The quantitative estimate of drug-likeness (QED) is 0.872. The summed E-state index contributed by atoms with van der Waals surface area (Å²) in [6, 6.07) is 9.97. The molecule has 3 rings (SSSR count). The van der Waals surface area contributed by atoms with Gasteiger partial charge in [-0.2, -0.15) is 0 Å². The van der Waals surface area contributed by atoms with E-state index >= 15 is 0 Å². The van der Waals surface area contributed by atoms with Crippen LogP contribution in [0.4, 0.5) is 16.2 Å². The Balaban J connectivity index is 1.70. The van der Waals surface area contributed by atoms with E-state index in [-0.39, 0.29) is 6.09 Å². The number of rotatable bonds is 4. The Hall–Kier alpha value is -1.53. The number of hydrogen-bond donors (Lipinski definition) is 1. The minimum absolute atomic E-state index is 0.273. The number of ether oxygens (including phenoxy) is 1. The Morgan fingerprint density at radius 2 is 2.29 bits per heavy atom. The van der Waals surface area contributed by atoms with E-state index in [1.54, 1.807) is 16.2 Å². The first-order valence-electron chi connectivity index (χ1n) is 6.66. The van der Waals surface area contributed by atoms with Crippen LogP contribution in [0.5, 0.6) is 0 Å². The highest BCUT2D eigenvalue weighted by atomic mass is 79.9. The summed E-state index contributed by atoms with van der Waals surface area (Å²) in [4.78, 5) is 15.8. The first kappa shape index (κ1) is 14.4. The van der Waals surface area contributed by atoms with Gasteiger partial charge in [-0.15, -0.1) is 11.3 Å². The van der Waals surface area contributed by atoms with Crippen LogP contribution in [0.15, 0.2) is 34.8 Å². The van der Waals surface area contributed by atoms with E-state index in [1.807, 2.05) is 24.3 Å². The number of benzene rings is 1. The van der Waals surface area contributed by atoms with Gasteiger partial charge in [0.05, 0.1) is 6.54 Å². The second kappa shape index (κ2) is 6.07. The van der Waals surface area contributed by atoms with Crippen molar-refractivity contribution < 1.29 is 9.53 Å². The summed E-state index contributed by atoms with van der Waals surface area (Å²) in [7, 11) is 0. The molecule has 0 bridgehead atoms. The largest absolute Gasteiger partial charge is 0.447 e. The van der Waals surface area contributed by atoms with E-state index in [0.29, 0.717) is 13.2 Å². The second-order valence-electron chi connectivity index (χ2n) is 4.79. The number of nitrogens with zero attached hydrogens (tertiary/aromatic N) is 1. The van der Waals surface area contributed by atoms with E-state index in [4.69, 9.17) is 4.74 Å². The third-order valence-electron chi connectivity index (χ3n) is 3.29. The summed E-state index contributed by atoms with van der Waals surface area (Å²) in [6.07, 6.45) is -0.273. The highest BCUT2D eigenvalue weighted by Crippen LogP contribution is 2.27. The van der Waals surface area contributed by atoms with E-state index in [0.717, 1.165) is 22.4 Å². The third-order valence-corrected chi connectivity index (χ3v) is 5.43. The summed E-state index contributed by atoms with van der Waals surface area (Å²) < 4.78 is 6.12. The van der Waals surface area contributed by atoms with Crippen LogP contribution in [-0.2, 0) is 11.3 Å². The van der Waals surface area contributed by atoms with Gasteiger partial charge in [0.25, 0.3) is 0 Å². The lowest BCUT2D eigenvalue weighted by Crippen LogP contribution is -2.23. The van der Waals surface area contributed by atoms with Crippen molar-refractivity contribution in [2.75, 3.05) is 23.4 Å². The molecule has 2 aromatic rings. The molecule has 0 spiro atoms. The van der Waals surface area contributed by atoms with Gasteiger partial charge in [-0.3, -0.25) is 4.90 Å². The van der Waals surface area contributed by atoms with Crippen molar-refractivity contribution in [1.29, 1.82) is 0 Å². The fraction of sp³-hybridized carbons (Fsp3) is 0.267. The monoisotopic (exact) mass is 366 g/mol. The maximum atomic E-state index is 11.6. The van der Waals surface area contributed by atoms with Gasteiger partial charge in [0.2, 0.25) is 0 Å². The number of hydrogen-bond acceptors (Lipinski definition) is 4. The van der Waals surface area contributed by atoms with Gasteiger partial charge in [0.1, 0.15) is 6.61 Å². The molecule has 1 fully saturated rings. The van der Waals surface area contributed by atoms with Crippen molar-refractivity contribution >= 4 is 44.7 Å². The number of halogens is 1. The zero-order chi connectivity index (χ0) is 14.8. The maximum Gasteiger partial charge on any atom is 0.414 e. The minimum atomic E-state index is -0.273.